The SMILES string of the molecule is Cc1occc1-c1nn(C)c(N)c1-c1c(Cl)cccc1Cl. The van der Waals surface area contributed by atoms with Gasteiger partial charge in [0.1, 0.15) is 17.3 Å². The molecule has 0 unspecified atom stereocenters. The van der Waals surface area contributed by atoms with E-state index in [1.807, 2.05) is 13.0 Å². The quantitative estimate of drug-likeness (QED) is 0.753. The molecular weight excluding hydrogens is 309 g/mol. The Morgan fingerprint density at radius 1 is 1.14 bits per heavy atom. The third-order valence-corrected chi connectivity index (χ3v) is 4.05. The molecule has 0 saturated carbocycles. The molecule has 2 aromatic heterocycles. The standard InChI is InChI=1S/C15H13Cl2N3O/c1-8-9(6-7-21-8)14-13(15(18)20(2)19-14)12-10(16)4-3-5-11(12)17/h3-7H,18H2,1-2H3. The number of aromatic nitrogens is 2. The van der Waals surface area contributed by atoms with Crippen LogP contribution in [0.1, 0.15) is 5.76 Å². The first kappa shape index (κ1) is 14.0. The van der Waals surface area contributed by atoms with Gasteiger partial charge >= 0.3 is 0 Å². The first-order valence-electron chi connectivity index (χ1n) is 6.32. The Morgan fingerprint density at radius 2 is 1.81 bits per heavy atom. The van der Waals surface area contributed by atoms with Gasteiger partial charge in [0, 0.05) is 18.2 Å². The first-order valence-corrected chi connectivity index (χ1v) is 7.07. The molecule has 0 amide bonds. The van der Waals surface area contributed by atoms with Gasteiger partial charge < -0.3 is 10.2 Å². The van der Waals surface area contributed by atoms with E-state index in [4.69, 9.17) is 33.4 Å². The lowest BCUT2D eigenvalue weighted by molar-refractivity contribution is 0.535. The number of nitrogens with zero attached hydrogens (tertiary/aromatic N) is 2. The van der Waals surface area contributed by atoms with E-state index in [-0.39, 0.29) is 0 Å². The Labute approximate surface area is 132 Å². The summed E-state index contributed by atoms with van der Waals surface area (Å²) < 4.78 is 6.97. The maximum absolute atomic E-state index is 6.32. The Kier molecular flexibility index (Phi) is 3.43. The molecule has 0 bridgehead atoms. The zero-order valence-electron chi connectivity index (χ0n) is 11.5. The minimum atomic E-state index is 0.501. The molecule has 0 fully saturated rings. The third-order valence-electron chi connectivity index (χ3n) is 3.42. The van der Waals surface area contributed by atoms with Crippen LogP contribution in [0.15, 0.2) is 34.9 Å². The zero-order chi connectivity index (χ0) is 15.1. The number of furan rings is 1. The van der Waals surface area contributed by atoms with Crippen LogP contribution in [0.2, 0.25) is 10.0 Å². The summed E-state index contributed by atoms with van der Waals surface area (Å²) in [5.74, 6) is 1.26. The highest BCUT2D eigenvalue weighted by molar-refractivity contribution is 6.39. The van der Waals surface area contributed by atoms with E-state index in [2.05, 4.69) is 5.10 Å². The average molecular weight is 322 g/mol. The molecule has 1 aromatic carbocycles. The van der Waals surface area contributed by atoms with Crippen molar-refractivity contribution >= 4 is 29.0 Å². The number of rotatable bonds is 2. The highest BCUT2D eigenvalue weighted by Crippen LogP contribution is 2.43. The summed E-state index contributed by atoms with van der Waals surface area (Å²) in [6.07, 6.45) is 1.62. The summed E-state index contributed by atoms with van der Waals surface area (Å²) >= 11 is 12.6. The van der Waals surface area contributed by atoms with Crippen LogP contribution < -0.4 is 5.73 Å². The molecule has 0 aliphatic carbocycles. The van der Waals surface area contributed by atoms with E-state index in [9.17, 15) is 0 Å². The lowest BCUT2D eigenvalue weighted by Crippen LogP contribution is -1.98. The molecule has 108 valence electrons. The van der Waals surface area contributed by atoms with Gasteiger partial charge in [-0.25, -0.2) is 0 Å². The van der Waals surface area contributed by atoms with Gasteiger partial charge in [-0.05, 0) is 25.1 Å². The monoisotopic (exact) mass is 321 g/mol. The van der Waals surface area contributed by atoms with Crippen LogP contribution in [0.4, 0.5) is 5.82 Å². The highest BCUT2D eigenvalue weighted by atomic mass is 35.5. The molecule has 0 spiro atoms. The Morgan fingerprint density at radius 3 is 2.38 bits per heavy atom. The number of anilines is 1. The van der Waals surface area contributed by atoms with Gasteiger partial charge in [-0.3, -0.25) is 4.68 Å². The fraction of sp³-hybridized carbons (Fsp3) is 0.133. The Bertz CT molecular complexity index is 800. The van der Waals surface area contributed by atoms with Gasteiger partial charge in [-0.2, -0.15) is 5.10 Å². The maximum atomic E-state index is 6.32. The summed E-state index contributed by atoms with van der Waals surface area (Å²) in [6, 6.07) is 7.21. The molecule has 21 heavy (non-hydrogen) atoms. The van der Waals surface area contributed by atoms with Gasteiger partial charge in [0.25, 0.3) is 0 Å². The van der Waals surface area contributed by atoms with E-state index in [0.29, 0.717) is 27.1 Å². The van der Waals surface area contributed by atoms with Crippen molar-refractivity contribution in [1.29, 1.82) is 0 Å². The molecular formula is C15H13Cl2N3O. The second-order valence-electron chi connectivity index (χ2n) is 4.72. The molecule has 0 aliphatic rings. The Hall–Kier alpha value is -1.91. The molecule has 0 saturated heterocycles. The predicted octanol–water partition coefficient (Wildman–Crippen LogP) is 4.54. The van der Waals surface area contributed by atoms with Crippen molar-refractivity contribution in [3.63, 3.8) is 0 Å². The second kappa shape index (κ2) is 5.13. The molecule has 2 N–H and O–H groups in total. The molecule has 6 heteroatoms. The third kappa shape index (κ3) is 2.20. The van der Waals surface area contributed by atoms with E-state index >= 15 is 0 Å². The first-order chi connectivity index (χ1) is 10.0. The van der Waals surface area contributed by atoms with Crippen molar-refractivity contribution < 1.29 is 4.42 Å². The predicted molar refractivity (Wildman–Crippen MR) is 85.5 cm³/mol. The van der Waals surface area contributed by atoms with Crippen LogP contribution in [0.3, 0.4) is 0 Å². The number of hydrogen-bond acceptors (Lipinski definition) is 3. The fourth-order valence-electron chi connectivity index (χ4n) is 2.34. The molecule has 3 aromatic rings. The summed E-state index contributed by atoms with van der Waals surface area (Å²) in [5.41, 5.74) is 9.16. The van der Waals surface area contributed by atoms with Crippen LogP contribution in [-0.2, 0) is 7.05 Å². The van der Waals surface area contributed by atoms with Crippen molar-refractivity contribution in [2.75, 3.05) is 5.73 Å². The Balaban J connectivity index is 2.36. The number of nitrogen functional groups attached to an aromatic ring is 1. The zero-order valence-corrected chi connectivity index (χ0v) is 13.0. The van der Waals surface area contributed by atoms with Crippen molar-refractivity contribution in [2.45, 2.75) is 6.92 Å². The van der Waals surface area contributed by atoms with Gasteiger partial charge in [-0.15, -0.1) is 0 Å². The summed E-state index contributed by atoms with van der Waals surface area (Å²) in [5, 5.41) is 5.55. The topological polar surface area (TPSA) is 57.0 Å². The fourth-order valence-corrected chi connectivity index (χ4v) is 2.93. The minimum absolute atomic E-state index is 0.501. The van der Waals surface area contributed by atoms with E-state index in [0.717, 1.165) is 16.9 Å². The van der Waals surface area contributed by atoms with Crippen molar-refractivity contribution in [3.05, 3.63) is 46.3 Å². The molecule has 2 heterocycles. The average Bonchev–Trinajstić information content (AvgIpc) is 2.96. The lowest BCUT2D eigenvalue weighted by atomic mass is 10.0. The van der Waals surface area contributed by atoms with Crippen molar-refractivity contribution in [1.82, 2.24) is 9.78 Å². The van der Waals surface area contributed by atoms with Gasteiger partial charge in [-0.1, -0.05) is 29.3 Å². The van der Waals surface area contributed by atoms with Gasteiger partial charge in [0.15, 0.2) is 0 Å². The summed E-state index contributed by atoms with van der Waals surface area (Å²) in [4.78, 5) is 0. The lowest BCUT2D eigenvalue weighted by Gasteiger charge is -2.08. The van der Waals surface area contributed by atoms with Crippen LogP contribution in [0, 0.1) is 6.92 Å². The molecule has 4 nitrogen and oxygen atoms in total. The maximum Gasteiger partial charge on any atom is 0.130 e. The van der Waals surface area contributed by atoms with Crippen molar-refractivity contribution in [3.8, 4) is 22.4 Å². The second-order valence-corrected chi connectivity index (χ2v) is 5.53. The number of benzene rings is 1. The number of aryl methyl sites for hydroxylation is 2. The van der Waals surface area contributed by atoms with Gasteiger partial charge in [0.05, 0.1) is 21.9 Å². The van der Waals surface area contributed by atoms with Crippen molar-refractivity contribution in [2.24, 2.45) is 7.05 Å². The van der Waals surface area contributed by atoms with E-state index in [1.165, 1.54) is 0 Å². The number of halogens is 2. The molecule has 3 rings (SSSR count). The normalized spacial score (nSPS) is 11.0. The minimum Gasteiger partial charge on any atom is -0.469 e. The van der Waals surface area contributed by atoms with Crippen LogP contribution in [-0.4, -0.2) is 9.78 Å². The van der Waals surface area contributed by atoms with Crippen LogP contribution >= 0.6 is 23.2 Å². The number of hydrogen-bond donors (Lipinski definition) is 1. The molecule has 0 aliphatic heterocycles. The molecule has 0 radical (unpaired) electrons. The smallest absolute Gasteiger partial charge is 0.130 e. The largest absolute Gasteiger partial charge is 0.469 e. The van der Waals surface area contributed by atoms with Crippen LogP contribution in [0.25, 0.3) is 22.4 Å². The van der Waals surface area contributed by atoms with E-state index < -0.39 is 0 Å². The van der Waals surface area contributed by atoms with E-state index in [1.54, 1.807) is 36.2 Å². The molecule has 0 atom stereocenters. The van der Waals surface area contributed by atoms with Gasteiger partial charge in [0.2, 0.25) is 0 Å². The number of nitrogens with two attached hydrogens (primary N) is 1. The van der Waals surface area contributed by atoms with Crippen LogP contribution in [0.5, 0.6) is 0 Å². The summed E-state index contributed by atoms with van der Waals surface area (Å²) in [7, 11) is 1.78. The highest BCUT2D eigenvalue weighted by Gasteiger charge is 2.23. The summed E-state index contributed by atoms with van der Waals surface area (Å²) in [6.45, 7) is 1.87.